The Labute approximate surface area is 130 Å². The van der Waals surface area contributed by atoms with Gasteiger partial charge in [-0.05, 0) is 49.7 Å². The number of hydrogen-bond donors (Lipinski definition) is 1. The number of aromatic amines is 1. The molecule has 1 aromatic carbocycles. The van der Waals surface area contributed by atoms with Gasteiger partial charge in [0.25, 0.3) is 0 Å². The highest BCUT2D eigenvalue weighted by molar-refractivity contribution is 7.71. The minimum absolute atomic E-state index is 0.399. The summed E-state index contributed by atoms with van der Waals surface area (Å²) < 4.78 is 0.838. The van der Waals surface area contributed by atoms with Crippen LogP contribution >= 0.6 is 12.2 Å². The molecule has 21 heavy (non-hydrogen) atoms. The van der Waals surface area contributed by atoms with Gasteiger partial charge in [-0.1, -0.05) is 42.9 Å². The van der Waals surface area contributed by atoms with E-state index in [1.807, 2.05) is 0 Å². The Morgan fingerprint density at radius 3 is 2.86 bits per heavy atom. The monoisotopic (exact) mass is 296 g/mol. The maximum absolute atomic E-state index is 5.59. The van der Waals surface area contributed by atoms with Crippen LogP contribution in [0.1, 0.15) is 59.8 Å². The van der Waals surface area contributed by atoms with E-state index in [0.717, 1.165) is 36.1 Å². The molecule has 0 amide bonds. The van der Waals surface area contributed by atoms with Crippen LogP contribution in [0.5, 0.6) is 0 Å². The quantitative estimate of drug-likeness (QED) is 0.620. The standard InChI is InChI=1S/C18H20N2S/c21-18-15-8-2-1-3-9-16(15)19-17(20-18)14-11-10-12-6-4-5-7-13(12)14/h4-7,14H,1-3,8-11H2,(H,19,20,21). The van der Waals surface area contributed by atoms with Gasteiger partial charge in [0.05, 0.1) is 0 Å². The summed E-state index contributed by atoms with van der Waals surface area (Å²) in [6, 6.07) is 8.76. The zero-order valence-corrected chi connectivity index (χ0v) is 13.0. The molecule has 0 fully saturated rings. The molecule has 1 aromatic heterocycles. The summed E-state index contributed by atoms with van der Waals surface area (Å²) in [4.78, 5) is 8.42. The van der Waals surface area contributed by atoms with Gasteiger partial charge in [0.1, 0.15) is 10.5 Å². The number of aryl methyl sites for hydroxylation is 2. The number of nitrogens with zero attached hydrogens (tertiary/aromatic N) is 1. The van der Waals surface area contributed by atoms with Crippen molar-refractivity contribution in [1.29, 1.82) is 0 Å². The highest BCUT2D eigenvalue weighted by Crippen LogP contribution is 2.36. The minimum Gasteiger partial charge on any atom is -0.346 e. The van der Waals surface area contributed by atoms with Gasteiger partial charge in [0, 0.05) is 17.2 Å². The molecule has 2 nitrogen and oxygen atoms in total. The van der Waals surface area contributed by atoms with Crippen molar-refractivity contribution in [3.8, 4) is 0 Å². The lowest BCUT2D eigenvalue weighted by atomic mass is 10.00. The number of hydrogen-bond acceptors (Lipinski definition) is 2. The van der Waals surface area contributed by atoms with Crippen LogP contribution in [0, 0.1) is 4.64 Å². The van der Waals surface area contributed by atoms with Gasteiger partial charge in [-0.3, -0.25) is 0 Å². The normalized spacial score (nSPS) is 20.7. The van der Waals surface area contributed by atoms with E-state index in [2.05, 4.69) is 29.2 Å². The lowest BCUT2D eigenvalue weighted by Crippen LogP contribution is -2.08. The fourth-order valence-electron chi connectivity index (χ4n) is 3.82. The Bertz CT molecular complexity index is 732. The zero-order valence-electron chi connectivity index (χ0n) is 12.2. The molecule has 0 bridgehead atoms. The van der Waals surface area contributed by atoms with Crippen LogP contribution in [0.15, 0.2) is 24.3 Å². The fourth-order valence-corrected chi connectivity index (χ4v) is 4.15. The van der Waals surface area contributed by atoms with E-state index in [0.29, 0.717) is 5.92 Å². The summed E-state index contributed by atoms with van der Waals surface area (Å²) in [5, 5.41) is 0. The van der Waals surface area contributed by atoms with Crippen molar-refractivity contribution >= 4 is 12.2 Å². The average Bonchev–Trinajstić information content (AvgIpc) is 2.78. The van der Waals surface area contributed by atoms with Gasteiger partial charge < -0.3 is 4.98 Å². The van der Waals surface area contributed by atoms with Gasteiger partial charge in [-0.15, -0.1) is 0 Å². The first-order chi connectivity index (χ1) is 10.3. The highest BCUT2D eigenvalue weighted by Gasteiger charge is 2.26. The molecule has 4 rings (SSSR count). The van der Waals surface area contributed by atoms with E-state index >= 15 is 0 Å². The number of aromatic nitrogens is 2. The zero-order chi connectivity index (χ0) is 14.2. The average molecular weight is 296 g/mol. The van der Waals surface area contributed by atoms with Gasteiger partial charge in [0.2, 0.25) is 0 Å². The predicted octanol–water partition coefficient (Wildman–Crippen LogP) is 4.49. The molecule has 0 spiro atoms. The molecular formula is C18H20N2S. The van der Waals surface area contributed by atoms with E-state index in [4.69, 9.17) is 17.2 Å². The first kappa shape index (κ1) is 13.2. The van der Waals surface area contributed by atoms with Crippen LogP contribution < -0.4 is 0 Å². The maximum atomic E-state index is 5.59. The lowest BCUT2D eigenvalue weighted by Gasteiger charge is -2.15. The Balaban J connectivity index is 1.79. The van der Waals surface area contributed by atoms with E-state index in [1.165, 1.54) is 41.6 Å². The van der Waals surface area contributed by atoms with E-state index in [1.54, 1.807) is 0 Å². The number of rotatable bonds is 1. The van der Waals surface area contributed by atoms with Crippen molar-refractivity contribution in [2.24, 2.45) is 0 Å². The van der Waals surface area contributed by atoms with Crippen molar-refractivity contribution in [2.75, 3.05) is 0 Å². The first-order valence-electron chi connectivity index (χ1n) is 8.02. The third-order valence-corrected chi connectivity index (χ3v) is 5.28. The van der Waals surface area contributed by atoms with Crippen LogP contribution in [0.3, 0.4) is 0 Å². The molecule has 0 saturated heterocycles. The Morgan fingerprint density at radius 1 is 1.05 bits per heavy atom. The first-order valence-corrected chi connectivity index (χ1v) is 8.43. The summed E-state index contributed by atoms with van der Waals surface area (Å²) in [5.74, 6) is 1.49. The third-order valence-electron chi connectivity index (χ3n) is 4.94. The molecule has 1 unspecified atom stereocenters. The molecule has 0 radical (unpaired) electrons. The summed E-state index contributed by atoms with van der Waals surface area (Å²) >= 11 is 5.59. The Kier molecular flexibility index (Phi) is 3.38. The summed E-state index contributed by atoms with van der Waals surface area (Å²) in [5.41, 5.74) is 5.56. The van der Waals surface area contributed by atoms with Crippen LogP contribution in [-0.2, 0) is 19.3 Å². The molecule has 2 aliphatic rings. The summed E-state index contributed by atoms with van der Waals surface area (Å²) in [6.45, 7) is 0. The van der Waals surface area contributed by atoms with Crippen molar-refractivity contribution in [2.45, 2.75) is 50.9 Å². The lowest BCUT2D eigenvalue weighted by molar-refractivity contribution is 0.699. The molecule has 2 aliphatic carbocycles. The molecule has 0 saturated carbocycles. The Hall–Kier alpha value is -1.48. The van der Waals surface area contributed by atoms with E-state index in [9.17, 15) is 0 Å². The van der Waals surface area contributed by atoms with Crippen molar-refractivity contribution < 1.29 is 0 Å². The van der Waals surface area contributed by atoms with Crippen LogP contribution in [0.25, 0.3) is 0 Å². The highest BCUT2D eigenvalue weighted by atomic mass is 32.1. The molecule has 0 aliphatic heterocycles. The van der Waals surface area contributed by atoms with Crippen molar-refractivity contribution in [3.05, 3.63) is 57.1 Å². The predicted molar refractivity (Wildman–Crippen MR) is 87.3 cm³/mol. The van der Waals surface area contributed by atoms with Crippen molar-refractivity contribution in [1.82, 2.24) is 9.97 Å². The molecule has 1 N–H and O–H groups in total. The number of fused-ring (bicyclic) bond motifs is 2. The van der Waals surface area contributed by atoms with Gasteiger partial charge >= 0.3 is 0 Å². The van der Waals surface area contributed by atoms with Crippen molar-refractivity contribution in [3.63, 3.8) is 0 Å². The molecule has 108 valence electrons. The second-order valence-electron chi connectivity index (χ2n) is 6.24. The molecule has 1 heterocycles. The number of H-pyrrole nitrogens is 1. The molecule has 2 aromatic rings. The molecule has 1 atom stereocenters. The summed E-state index contributed by atoms with van der Waals surface area (Å²) in [7, 11) is 0. The topological polar surface area (TPSA) is 28.7 Å². The van der Waals surface area contributed by atoms with Crippen LogP contribution in [0.2, 0.25) is 0 Å². The van der Waals surface area contributed by atoms with Crippen LogP contribution in [-0.4, -0.2) is 9.97 Å². The van der Waals surface area contributed by atoms with Crippen LogP contribution in [0.4, 0.5) is 0 Å². The fraction of sp³-hybridized carbons (Fsp3) is 0.444. The van der Waals surface area contributed by atoms with Gasteiger partial charge in [-0.25, -0.2) is 4.98 Å². The Morgan fingerprint density at radius 2 is 1.90 bits per heavy atom. The van der Waals surface area contributed by atoms with Gasteiger partial charge in [0.15, 0.2) is 0 Å². The molecular weight excluding hydrogens is 276 g/mol. The summed E-state index contributed by atoms with van der Waals surface area (Å²) in [6.07, 6.45) is 8.35. The van der Waals surface area contributed by atoms with Gasteiger partial charge in [-0.2, -0.15) is 0 Å². The minimum atomic E-state index is 0.399. The third kappa shape index (κ3) is 2.34. The number of nitrogens with one attached hydrogen (secondary N) is 1. The number of benzene rings is 1. The maximum Gasteiger partial charge on any atom is 0.133 e. The molecule has 3 heteroatoms. The second kappa shape index (κ2) is 5.38. The second-order valence-corrected chi connectivity index (χ2v) is 6.62. The smallest absolute Gasteiger partial charge is 0.133 e. The van der Waals surface area contributed by atoms with E-state index < -0.39 is 0 Å². The SMILES string of the molecule is S=c1nc(C2CCc3ccccc32)[nH]c2c1CCCCC2. The largest absolute Gasteiger partial charge is 0.346 e. The van der Waals surface area contributed by atoms with E-state index in [-0.39, 0.29) is 0 Å².